The SMILES string of the molecule is CCC(=O)C[C@@H]1CC[C@H](CCOC2CCCCO2)N1C(=O)OCc1ccccc1. The van der Waals surface area contributed by atoms with Gasteiger partial charge in [0.15, 0.2) is 6.29 Å². The summed E-state index contributed by atoms with van der Waals surface area (Å²) < 4.78 is 17.1. The number of ether oxygens (including phenoxy) is 3. The van der Waals surface area contributed by atoms with E-state index in [2.05, 4.69) is 0 Å². The lowest BCUT2D eigenvalue weighted by Gasteiger charge is -2.30. The molecule has 6 heteroatoms. The summed E-state index contributed by atoms with van der Waals surface area (Å²) in [6.45, 7) is 3.41. The molecule has 6 nitrogen and oxygen atoms in total. The summed E-state index contributed by atoms with van der Waals surface area (Å²) in [4.78, 5) is 26.7. The number of Topliss-reactive ketones (excluding diaryl/α,β-unsaturated/α-hetero) is 1. The van der Waals surface area contributed by atoms with Gasteiger partial charge in [0.25, 0.3) is 0 Å². The average Bonchev–Trinajstić information content (AvgIpc) is 3.15. The van der Waals surface area contributed by atoms with Crippen LogP contribution in [0.25, 0.3) is 0 Å². The van der Waals surface area contributed by atoms with E-state index >= 15 is 0 Å². The molecule has 1 amide bonds. The number of nitrogens with zero attached hydrogens (tertiary/aromatic N) is 1. The lowest BCUT2D eigenvalue weighted by atomic mass is 10.1. The van der Waals surface area contributed by atoms with Gasteiger partial charge in [-0.1, -0.05) is 37.3 Å². The second-order valence-corrected chi connectivity index (χ2v) is 7.88. The molecule has 3 rings (SSSR count). The molecule has 29 heavy (non-hydrogen) atoms. The van der Waals surface area contributed by atoms with Crippen LogP contribution in [0.15, 0.2) is 30.3 Å². The van der Waals surface area contributed by atoms with Gasteiger partial charge in [-0.15, -0.1) is 0 Å². The van der Waals surface area contributed by atoms with Crippen molar-refractivity contribution in [2.75, 3.05) is 13.2 Å². The van der Waals surface area contributed by atoms with Crippen molar-refractivity contribution in [2.24, 2.45) is 0 Å². The Labute approximate surface area is 173 Å². The number of rotatable bonds is 9. The Morgan fingerprint density at radius 2 is 1.90 bits per heavy atom. The van der Waals surface area contributed by atoms with Gasteiger partial charge in [-0.2, -0.15) is 0 Å². The first-order valence-corrected chi connectivity index (χ1v) is 10.9. The number of likely N-dealkylation sites (tertiary alicyclic amines) is 1. The van der Waals surface area contributed by atoms with Crippen LogP contribution < -0.4 is 0 Å². The standard InChI is InChI=1S/C23H33NO5/c1-2-21(25)16-20-12-11-19(13-15-28-22-10-6-7-14-27-22)24(20)23(26)29-17-18-8-4-3-5-9-18/h3-5,8-9,19-20,22H,2,6-7,10-17H2,1H3/t19-,20+,22?/m1/s1. The molecule has 1 unspecified atom stereocenters. The number of hydrogen-bond acceptors (Lipinski definition) is 5. The van der Waals surface area contributed by atoms with Crippen LogP contribution in [-0.2, 0) is 25.6 Å². The topological polar surface area (TPSA) is 65.1 Å². The van der Waals surface area contributed by atoms with E-state index in [-0.39, 0.29) is 36.9 Å². The fourth-order valence-corrected chi connectivity index (χ4v) is 4.12. The second-order valence-electron chi connectivity index (χ2n) is 7.88. The largest absolute Gasteiger partial charge is 0.445 e. The zero-order valence-electron chi connectivity index (χ0n) is 17.4. The van der Waals surface area contributed by atoms with Crippen molar-refractivity contribution in [3.63, 3.8) is 0 Å². The summed E-state index contributed by atoms with van der Waals surface area (Å²) in [5.41, 5.74) is 0.954. The van der Waals surface area contributed by atoms with Crippen LogP contribution in [-0.4, -0.2) is 48.4 Å². The molecule has 2 aliphatic rings. The molecule has 0 spiro atoms. The Balaban J connectivity index is 1.56. The molecule has 0 bridgehead atoms. The number of carbonyl (C=O) groups is 2. The highest BCUT2D eigenvalue weighted by Crippen LogP contribution is 2.30. The molecule has 0 aromatic heterocycles. The van der Waals surface area contributed by atoms with Crippen LogP contribution in [0, 0.1) is 0 Å². The smallest absolute Gasteiger partial charge is 0.410 e. The third kappa shape index (κ3) is 6.54. The van der Waals surface area contributed by atoms with Crippen LogP contribution in [0.3, 0.4) is 0 Å². The first kappa shape index (κ1) is 21.8. The van der Waals surface area contributed by atoms with Crippen molar-refractivity contribution in [1.29, 1.82) is 0 Å². The Morgan fingerprint density at radius 3 is 2.62 bits per heavy atom. The van der Waals surface area contributed by atoms with E-state index in [1.165, 1.54) is 0 Å². The summed E-state index contributed by atoms with van der Waals surface area (Å²) in [7, 11) is 0. The third-order valence-electron chi connectivity index (χ3n) is 5.79. The molecule has 0 radical (unpaired) electrons. The van der Waals surface area contributed by atoms with Gasteiger partial charge in [0, 0.05) is 31.5 Å². The number of ketones is 1. The van der Waals surface area contributed by atoms with E-state index in [1.54, 1.807) is 4.90 Å². The second kappa shape index (κ2) is 11.3. The van der Waals surface area contributed by atoms with Crippen molar-refractivity contribution in [1.82, 2.24) is 4.90 Å². The average molecular weight is 404 g/mol. The molecule has 0 saturated carbocycles. The fourth-order valence-electron chi connectivity index (χ4n) is 4.12. The molecule has 1 aromatic rings. The van der Waals surface area contributed by atoms with Crippen molar-refractivity contribution in [3.8, 4) is 0 Å². The zero-order valence-corrected chi connectivity index (χ0v) is 17.4. The minimum atomic E-state index is -0.334. The van der Waals surface area contributed by atoms with E-state index in [4.69, 9.17) is 14.2 Å². The van der Waals surface area contributed by atoms with Gasteiger partial charge >= 0.3 is 6.09 Å². The van der Waals surface area contributed by atoms with Gasteiger partial charge in [-0.3, -0.25) is 4.79 Å². The van der Waals surface area contributed by atoms with Gasteiger partial charge in [0.1, 0.15) is 12.4 Å². The summed E-state index contributed by atoms with van der Waals surface area (Å²) in [6.07, 6.45) is 6.03. The van der Waals surface area contributed by atoms with Crippen molar-refractivity contribution in [3.05, 3.63) is 35.9 Å². The molecule has 2 aliphatic heterocycles. The summed E-state index contributed by atoms with van der Waals surface area (Å²) in [5, 5.41) is 0. The van der Waals surface area contributed by atoms with Gasteiger partial charge in [-0.25, -0.2) is 4.79 Å². The molecule has 1 aromatic carbocycles. The summed E-state index contributed by atoms with van der Waals surface area (Å²) >= 11 is 0. The fraction of sp³-hybridized carbons (Fsp3) is 0.652. The Hall–Kier alpha value is -1.92. The zero-order chi connectivity index (χ0) is 20.5. The maximum absolute atomic E-state index is 12.9. The normalized spacial score (nSPS) is 24.4. The quantitative estimate of drug-likeness (QED) is 0.609. The number of amides is 1. The lowest BCUT2D eigenvalue weighted by Crippen LogP contribution is -2.43. The number of hydrogen-bond donors (Lipinski definition) is 0. The van der Waals surface area contributed by atoms with E-state index < -0.39 is 0 Å². The van der Waals surface area contributed by atoms with E-state index in [0.717, 1.165) is 50.7 Å². The predicted molar refractivity (Wildman–Crippen MR) is 109 cm³/mol. The minimum absolute atomic E-state index is 0.0384. The minimum Gasteiger partial charge on any atom is -0.445 e. The molecular weight excluding hydrogens is 370 g/mol. The Morgan fingerprint density at radius 1 is 1.10 bits per heavy atom. The summed E-state index contributed by atoms with van der Waals surface area (Å²) in [5.74, 6) is 0.184. The third-order valence-corrected chi connectivity index (χ3v) is 5.79. The van der Waals surface area contributed by atoms with Crippen LogP contribution in [0.2, 0.25) is 0 Å². The number of benzene rings is 1. The molecule has 2 saturated heterocycles. The Kier molecular flexibility index (Phi) is 8.50. The molecule has 0 N–H and O–H groups in total. The maximum atomic E-state index is 12.9. The van der Waals surface area contributed by atoms with Crippen LogP contribution in [0.4, 0.5) is 4.79 Å². The predicted octanol–water partition coefficient (Wildman–Crippen LogP) is 4.46. The van der Waals surface area contributed by atoms with E-state index in [0.29, 0.717) is 19.4 Å². The van der Waals surface area contributed by atoms with Gasteiger partial charge in [-0.05, 0) is 44.1 Å². The lowest BCUT2D eigenvalue weighted by molar-refractivity contribution is -0.164. The highest BCUT2D eigenvalue weighted by atomic mass is 16.7. The first-order chi connectivity index (χ1) is 14.2. The molecule has 2 heterocycles. The van der Waals surface area contributed by atoms with Gasteiger partial charge in [0.2, 0.25) is 0 Å². The van der Waals surface area contributed by atoms with Crippen molar-refractivity contribution < 1.29 is 23.8 Å². The highest BCUT2D eigenvalue weighted by Gasteiger charge is 2.38. The van der Waals surface area contributed by atoms with Crippen LogP contribution in [0.1, 0.15) is 63.9 Å². The number of carbonyl (C=O) groups excluding carboxylic acids is 2. The van der Waals surface area contributed by atoms with Crippen molar-refractivity contribution in [2.45, 2.75) is 83.3 Å². The van der Waals surface area contributed by atoms with E-state index in [9.17, 15) is 9.59 Å². The Bertz CT molecular complexity index is 644. The van der Waals surface area contributed by atoms with Crippen LogP contribution in [0.5, 0.6) is 0 Å². The van der Waals surface area contributed by atoms with Crippen molar-refractivity contribution >= 4 is 11.9 Å². The highest BCUT2D eigenvalue weighted by molar-refractivity contribution is 5.79. The molecule has 2 fully saturated rings. The molecule has 160 valence electrons. The maximum Gasteiger partial charge on any atom is 0.410 e. The van der Waals surface area contributed by atoms with E-state index in [1.807, 2.05) is 37.3 Å². The van der Waals surface area contributed by atoms with Crippen LogP contribution >= 0.6 is 0 Å². The summed E-state index contributed by atoms with van der Waals surface area (Å²) in [6, 6.07) is 9.61. The molecule has 0 aliphatic carbocycles. The van der Waals surface area contributed by atoms with Gasteiger partial charge < -0.3 is 19.1 Å². The molecular formula is C23H33NO5. The first-order valence-electron chi connectivity index (χ1n) is 10.9. The molecule has 3 atom stereocenters. The van der Waals surface area contributed by atoms with Gasteiger partial charge in [0.05, 0.1) is 6.61 Å². The monoisotopic (exact) mass is 403 g/mol.